The maximum atomic E-state index is 12.2. The van der Waals surface area contributed by atoms with Gasteiger partial charge in [0.2, 0.25) is 5.89 Å². The summed E-state index contributed by atoms with van der Waals surface area (Å²) in [6.45, 7) is 1.57. The van der Waals surface area contributed by atoms with Gasteiger partial charge in [0, 0.05) is 12.3 Å². The van der Waals surface area contributed by atoms with Crippen molar-refractivity contribution in [2.24, 2.45) is 0 Å². The number of nitrogens with one attached hydrogen (secondary N) is 1. The molecule has 0 amide bonds. The smallest absolute Gasteiger partial charge is 0.329 e. The second-order valence-corrected chi connectivity index (χ2v) is 6.00. The number of pyridine rings is 1. The van der Waals surface area contributed by atoms with E-state index < -0.39 is 10.0 Å². The summed E-state index contributed by atoms with van der Waals surface area (Å²) in [7, 11) is -3.81. The monoisotopic (exact) mass is 305 g/mol. The molecule has 9 heteroatoms. The van der Waals surface area contributed by atoms with Gasteiger partial charge in [-0.05, 0) is 30.3 Å². The van der Waals surface area contributed by atoms with E-state index in [2.05, 4.69) is 19.9 Å². The average molecular weight is 305 g/mol. The maximum absolute atomic E-state index is 12.2. The van der Waals surface area contributed by atoms with Crippen molar-refractivity contribution in [1.82, 2.24) is 15.2 Å². The third kappa shape index (κ3) is 2.63. The molecule has 0 saturated carbocycles. The van der Waals surface area contributed by atoms with Gasteiger partial charge in [-0.25, -0.2) is 18.1 Å². The van der Waals surface area contributed by atoms with Crippen molar-refractivity contribution in [3.05, 3.63) is 36.2 Å². The number of aromatic nitrogens is 3. The Hall–Kier alpha value is -2.68. The Morgan fingerprint density at radius 1 is 1.19 bits per heavy atom. The quantitative estimate of drug-likeness (QED) is 0.747. The maximum Gasteiger partial charge on any atom is 0.329 e. The first-order valence-electron chi connectivity index (χ1n) is 5.93. The van der Waals surface area contributed by atoms with Crippen molar-refractivity contribution in [3.63, 3.8) is 0 Å². The molecule has 0 saturated heterocycles. The third-order valence-corrected chi connectivity index (χ3v) is 4.06. The number of benzene rings is 1. The van der Waals surface area contributed by atoms with Crippen molar-refractivity contribution in [1.29, 1.82) is 0 Å². The molecule has 0 fully saturated rings. The van der Waals surface area contributed by atoms with Crippen LogP contribution in [0.4, 0.5) is 11.8 Å². The number of hydrogen-bond donors (Lipinski definition) is 2. The van der Waals surface area contributed by atoms with E-state index >= 15 is 0 Å². The highest BCUT2D eigenvalue weighted by Gasteiger charge is 2.18. The van der Waals surface area contributed by atoms with Crippen LogP contribution in [0, 0.1) is 6.92 Å². The Bertz CT molecular complexity index is 920. The first-order valence-corrected chi connectivity index (χ1v) is 7.41. The van der Waals surface area contributed by atoms with Gasteiger partial charge in [-0.2, -0.15) is 0 Å². The van der Waals surface area contributed by atoms with Gasteiger partial charge < -0.3 is 10.2 Å². The van der Waals surface area contributed by atoms with Gasteiger partial charge in [-0.1, -0.05) is 5.10 Å². The summed E-state index contributed by atoms with van der Waals surface area (Å²) in [5.74, 6) is 0.642. The Labute approximate surface area is 120 Å². The molecule has 0 bridgehead atoms. The lowest BCUT2D eigenvalue weighted by molar-refractivity contribution is 0.534. The normalized spacial score (nSPS) is 11.7. The number of nitrogens with two attached hydrogens (primary N) is 1. The number of fused-ring (bicyclic) bond motifs is 1. The lowest BCUT2D eigenvalue weighted by Crippen LogP contribution is -2.13. The molecule has 108 valence electrons. The fourth-order valence-electron chi connectivity index (χ4n) is 1.80. The molecule has 0 aliphatic heterocycles. The molecule has 21 heavy (non-hydrogen) atoms. The molecule has 0 aliphatic rings. The zero-order valence-corrected chi connectivity index (χ0v) is 11.8. The zero-order valence-electron chi connectivity index (χ0n) is 10.9. The van der Waals surface area contributed by atoms with Crippen molar-refractivity contribution in [2.75, 3.05) is 10.5 Å². The third-order valence-electron chi connectivity index (χ3n) is 2.74. The van der Waals surface area contributed by atoms with Crippen molar-refractivity contribution in [3.8, 4) is 0 Å². The zero-order chi connectivity index (χ0) is 15.0. The Morgan fingerprint density at radius 2 is 2.00 bits per heavy atom. The summed E-state index contributed by atoms with van der Waals surface area (Å²) in [5, 5.41) is 7.81. The van der Waals surface area contributed by atoms with Crippen LogP contribution >= 0.6 is 0 Å². The van der Waals surface area contributed by atoms with E-state index in [0.29, 0.717) is 16.7 Å². The number of anilines is 2. The molecule has 0 aliphatic carbocycles. The van der Waals surface area contributed by atoms with Crippen molar-refractivity contribution < 1.29 is 12.8 Å². The van der Waals surface area contributed by atoms with Crippen LogP contribution < -0.4 is 10.5 Å². The summed E-state index contributed by atoms with van der Waals surface area (Å²) in [4.78, 5) is 4.17. The lowest BCUT2D eigenvalue weighted by Gasteiger charge is -2.05. The molecule has 0 radical (unpaired) electrons. The van der Waals surface area contributed by atoms with Crippen LogP contribution in [0.2, 0.25) is 0 Å². The molecule has 3 N–H and O–H groups in total. The summed E-state index contributed by atoms with van der Waals surface area (Å²) >= 11 is 0. The number of aryl methyl sites for hydroxylation is 1. The topological polar surface area (TPSA) is 124 Å². The lowest BCUT2D eigenvalue weighted by atomic mass is 10.2. The first-order chi connectivity index (χ1) is 9.94. The van der Waals surface area contributed by atoms with Gasteiger partial charge in [-0.15, -0.1) is 5.10 Å². The van der Waals surface area contributed by atoms with E-state index in [1.165, 1.54) is 12.1 Å². The molecule has 2 heterocycles. The summed E-state index contributed by atoms with van der Waals surface area (Å²) in [5.41, 5.74) is 6.20. The van der Waals surface area contributed by atoms with Crippen LogP contribution in [0.15, 0.2) is 39.6 Å². The van der Waals surface area contributed by atoms with Gasteiger partial charge in [0.1, 0.15) is 5.82 Å². The van der Waals surface area contributed by atoms with E-state index in [0.717, 1.165) is 0 Å². The molecule has 3 rings (SSSR count). The van der Waals surface area contributed by atoms with Gasteiger partial charge in [0.05, 0.1) is 10.4 Å². The number of rotatable bonds is 3. The standard InChI is InChI=1S/C12H11N5O3S/c1-7-15-16-12(20-7)17-21(18,19)9-3-4-10-8(6-9)2-5-11(13)14-10/h2-6H,1H3,(H2,13,14)(H,16,17). The van der Waals surface area contributed by atoms with Crippen molar-refractivity contribution >= 4 is 32.8 Å². The fraction of sp³-hybridized carbons (Fsp3) is 0.0833. The van der Waals surface area contributed by atoms with E-state index in [1.807, 2.05) is 0 Å². The first kappa shape index (κ1) is 13.3. The summed E-state index contributed by atoms with van der Waals surface area (Å²) < 4.78 is 31.7. The minimum Gasteiger partial charge on any atom is -0.408 e. The van der Waals surface area contributed by atoms with Crippen LogP contribution in [-0.4, -0.2) is 23.6 Å². The minimum atomic E-state index is -3.81. The minimum absolute atomic E-state index is 0.0671. The Morgan fingerprint density at radius 3 is 2.71 bits per heavy atom. The molecule has 1 aromatic carbocycles. The van der Waals surface area contributed by atoms with Gasteiger partial charge in [0.25, 0.3) is 10.0 Å². The van der Waals surface area contributed by atoms with E-state index in [9.17, 15) is 8.42 Å². The van der Waals surface area contributed by atoms with Crippen molar-refractivity contribution in [2.45, 2.75) is 11.8 Å². The molecular formula is C12H11N5O3S. The van der Waals surface area contributed by atoms with Gasteiger partial charge in [0.15, 0.2) is 0 Å². The highest BCUT2D eigenvalue weighted by atomic mass is 32.2. The van der Waals surface area contributed by atoms with Crippen LogP contribution in [0.5, 0.6) is 0 Å². The number of sulfonamides is 1. The number of hydrogen-bond acceptors (Lipinski definition) is 7. The highest BCUT2D eigenvalue weighted by Crippen LogP contribution is 2.20. The van der Waals surface area contributed by atoms with Gasteiger partial charge in [-0.3, -0.25) is 0 Å². The largest absolute Gasteiger partial charge is 0.408 e. The van der Waals surface area contributed by atoms with Crippen LogP contribution in [0.3, 0.4) is 0 Å². The molecular weight excluding hydrogens is 294 g/mol. The molecule has 2 aromatic heterocycles. The van der Waals surface area contributed by atoms with Crippen LogP contribution in [0.1, 0.15) is 5.89 Å². The summed E-state index contributed by atoms with van der Waals surface area (Å²) in [6.07, 6.45) is 0. The van der Waals surface area contributed by atoms with Gasteiger partial charge >= 0.3 is 6.01 Å². The van der Waals surface area contributed by atoms with E-state index in [4.69, 9.17) is 10.2 Å². The SMILES string of the molecule is Cc1nnc(NS(=O)(=O)c2ccc3nc(N)ccc3c2)o1. The predicted octanol–water partition coefficient (Wildman–Crippen LogP) is 1.31. The van der Waals surface area contributed by atoms with E-state index in [-0.39, 0.29) is 16.8 Å². The second kappa shape index (κ2) is 4.70. The molecule has 0 atom stereocenters. The molecule has 0 unspecified atom stereocenters. The Kier molecular flexibility index (Phi) is 2.98. The number of nitrogen functional groups attached to an aromatic ring is 1. The Balaban J connectivity index is 2.00. The predicted molar refractivity (Wildman–Crippen MR) is 76.0 cm³/mol. The number of nitrogens with zero attached hydrogens (tertiary/aromatic N) is 3. The molecule has 8 nitrogen and oxygen atoms in total. The fourth-order valence-corrected chi connectivity index (χ4v) is 2.76. The average Bonchev–Trinajstić information content (AvgIpc) is 2.82. The van der Waals surface area contributed by atoms with Crippen LogP contribution in [-0.2, 0) is 10.0 Å². The second-order valence-electron chi connectivity index (χ2n) is 4.32. The molecule has 3 aromatic rings. The summed E-state index contributed by atoms with van der Waals surface area (Å²) in [6, 6.07) is 7.64. The van der Waals surface area contributed by atoms with Crippen LogP contribution in [0.25, 0.3) is 10.9 Å². The van der Waals surface area contributed by atoms with E-state index in [1.54, 1.807) is 25.1 Å². The highest BCUT2D eigenvalue weighted by molar-refractivity contribution is 7.92. The molecule has 0 spiro atoms.